The van der Waals surface area contributed by atoms with Gasteiger partial charge in [0.25, 0.3) is 0 Å². The van der Waals surface area contributed by atoms with Crippen LogP contribution in [0.5, 0.6) is 11.5 Å². The highest BCUT2D eigenvalue weighted by Crippen LogP contribution is 2.37. The Bertz CT molecular complexity index is 403. The predicted molar refractivity (Wildman–Crippen MR) is 73.9 cm³/mol. The second-order valence-electron chi connectivity index (χ2n) is 4.68. The number of methoxy groups -OCH3 is 2. The molecule has 0 saturated carbocycles. The molecule has 1 aromatic rings. The van der Waals surface area contributed by atoms with Gasteiger partial charge < -0.3 is 14.8 Å². The lowest BCUT2D eigenvalue weighted by Crippen LogP contribution is -2.31. The van der Waals surface area contributed by atoms with Gasteiger partial charge in [0.2, 0.25) is 0 Å². The molecule has 4 heteroatoms. The van der Waals surface area contributed by atoms with E-state index in [1.54, 1.807) is 14.2 Å². The average Bonchev–Trinajstić information content (AvgIpc) is 2.42. The molecule has 0 spiro atoms. The summed E-state index contributed by atoms with van der Waals surface area (Å²) in [6.45, 7) is 2.18. The van der Waals surface area contributed by atoms with Gasteiger partial charge in [0.15, 0.2) is 11.5 Å². The lowest BCUT2D eigenvalue weighted by atomic mass is 9.92. The first-order chi connectivity index (χ1) is 8.76. The Kier molecular flexibility index (Phi) is 4.72. The topological polar surface area (TPSA) is 30.5 Å². The minimum Gasteiger partial charge on any atom is -0.493 e. The maximum Gasteiger partial charge on any atom is 0.165 e. The highest BCUT2D eigenvalue weighted by molar-refractivity contribution is 6.31. The van der Waals surface area contributed by atoms with Crippen molar-refractivity contribution in [2.24, 2.45) is 5.92 Å². The van der Waals surface area contributed by atoms with Gasteiger partial charge in [-0.3, -0.25) is 0 Å². The fraction of sp³-hybridized carbons (Fsp3) is 0.571. The van der Waals surface area contributed by atoms with E-state index in [1.807, 2.05) is 12.1 Å². The number of ether oxygens (including phenoxy) is 2. The number of hydrogen-bond acceptors (Lipinski definition) is 3. The van der Waals surface area contributed by atoms with Crippen LogP contribution in [-0.4, -0.2) is 27.3 Å². The van der Waals surface area contributed by atoms with Crippen molar-refractivity contribution < 1.29 is 9.47 Å². The maximum atomic E-state index is 6.30. The van der Waals surface area contributed by atoms with Gasteiger partial charge in [0.1, 0.15) is 0 Å². The Morgan fingerprint density at radius 2 is 2.17 bits per heavy atom. The SMILES string of the molecule is COc1ccc(Cl)c(CC2CCCNC2)c1OC. The summed E-state index contributed by atoms with van der Waals surface area (Å²) >= 11 is 6.30. The zero-order valence-electron chi connectivity index (χ0n) is 11.0. The molecule has 0 aromatic heterocycles. The molecule has 2 rings (SSSR count). The summed E-state index contributed by atoms with van der Waals surface area (Å²) in [4.78, 5) is 0. The summed E-state index contributed by atoms with van der Waals surface area (Å²) in [5.41, 5.74) is 1.06. The number of hydrogen-bond donors (Lipinski definition) is 1. The molecule has 0 bridgehead atoms. The lowest BCUT2D eigenvalue weighted by Gasteiger charge is -2.24. The molecule has 3 nitrogen and oxygen atoms in total. The van der Waals surface area contributed by atoms with Gasteiger partial charge >= 0.3 is 0 Å². The van der Waals surface area contributed by atoms with Crippen LogP contribution in [0.4, 0.5) is 0 Å². The number of halogens is 1. The van der Waals surface area contributed by atoms with Crippen molar-refractivity contribution in [1.29, 1.82) is 0 Å². The lowest BCUT2D eigenvalue weighted by molar-refractivity contribution is 0.340. The molecule has 1 N–H and O–H groups in total. The zero-order chi connectivity index (χ0) is 13.0. The minimum atomic E-state index is 0.622. The van der Waals surface area contributed by atoms with E-state index in [1.165, 1.54) is 12.8 Å². The monoisotopic (exact) mass is 269 g/mol. The third kappa shape index (κ3) is 2.90. The van der Waals surface area contributed by atoms with E-state index in [0.717, 1.165) is 41.6 Å². The number of benzene rings is 1. The van der Waals surface area contributed by atoms with Crippen LogP contribution in [0.2, 0.25) is 5.02 Å². The summed E-state index contributed by atoms with van der Waals surface area (Å²) in [5.74, 6) is 2.15. The van der Waals surface area contributed by atoms with Crippen LogP contribution in [-0.2, 0) is 6.42 Å². The molecule has 1 atom stereocenters. The van der Waals surface area contributed by atoms with Gasteiger partial charge in [-0.25, -0.2) is 0 Å². The number of nitrogens with one attached hydrogen (secondary N) is 1. The van der Waals surface area contributed by atoms with E-state index in [-0.39, 0.29) is 0 Å². The van der Waals surface area contributed by atoms with Crippen LogP contribution < -0.4 is 14.8 Å². The van der Waals surface area contributed by atoms with Gasteiger partial charge in [-0.05, 0) is 50.4 Å². The van der Waals surface area contributed by atoms with E-state index in [9.17, 15) is 0 Å². The fourth-order valence-corrected chi connectivity index (χ4v) is 2.77. The van der Waals surface area contributed by atoms with Gasteiger partial charge in [-0.15, -0.1) is 0 Å². The molecule has 1 aliphatic heterocycles. The van der Waals surface area contributed by atoms with Crippen molar-refractivity contribution in [3.8, 4) is 11.5 Å². The minimum absolute atomic E-state index is 0.622. The highest BCUT2D eigenvalue weighted by atomic mass is 35.5. The molecular weight excluding hydrogens is 250 g/mol. The maximum absolute atomic E-state index is 6.30. The van der Waals surface area contributed by atoms with Crippen LogP contribution in [0.15, 0.2) is 12.1 Å². The molecular formula is C14H20ClNO2. The molecule has 1 aromatic carbocycles. The molecule has 100 valence electrons. The van der Waals surface area contributed by atoms with Crippen LogP contribution in [0.25, 0.3) is 0 Å². The molecule has 0 radical (unpaired) electrons. The van der Waals surface area contributed by atoms with Crippen LogP contribution in [0, 0.1) is 5.92 Å². The molecule has 0 amide bonds. The molecule has 1 unspecified atom stereocenters. The van der Waals surface area contributed by atoms with Crippen LogP contribution in [0.3, 0.4) is 0 Å². The zero-order valence-corrected chi connectivity index (χ0v) is 11.7. The summed E-state index contributed by atoms with van der Waals surface area (Å²) in [6, 6.07) is 3.73. The van der Waals surface area contributed by atoms with E-state index < -0.39 is 0 Å². The predicted octanol–water partition coefficient (Wildman–Crippen LogP) is 2.90. The van der Waals surface area contributed by atoms with E-state index >= 15 is 0 Å². The Morgan fingerprint density at radius 1 is 1.33 bits per heavy atom. The Morgan fingerprint density at radius 3 is 2.78 bits per heavy atom. The van der Waals surface area contributed by atoms with Crippen molar-refractivity contribution in [3.63, 3.8) is 0 Å². The molecule has 0 aliphatic carbocycles. The second kappa shape index (κ2) is 6.30. The largest absolute Gasteiger partial charge is 0.493 e. The van der Waals surface area contributed by atoms with Gasteiger partial charge in [-0.2, -0.15) is 0 Å². The first-order valence-electron chi connectivity index (χ1n) is 6.36. The van der Waals surface area contributed by atoms with E-state index in [4.69, 9.17) is 21.1 Å². The summed E-state index contributed by atoms with van der Waals surface area (Å²) in [6.07, 6.45) is 3.41. The Balaban J connectivity index is 2.24. The van der Waals surface area contributed by atoms with Crippen LogP contribution in [0.1, 0.15) is 18.4 Å². The normalized spacial score (nSPS) is 19.6. The fourth-order valence-electron chi connectivity index (χ4n) is 2.54. The standard InChI is InChI=1S/C14H20ClNO2/c1-17-13-6-5-12(15)11(14(13)18-2)8-10-4-3-7-16-9-10/h5-6,10,16H,3-4,7-9H2,1-2H3. The summed E-state index contributed by atoms with van der Waals surface area (Å²) in [7, 11) is 3.31. The van der Waals surface area contributed by atoms with Gasteiger partial charge in [0.05, 0.1) is 14.2 Å². The van der Waals surface area contributed by atoms with Crippen molar-refractivity contribution in [3.05, 3.63) is 22.7 Å². The van der Waals surface area contributed by atoms with Crippen molar-refractivity contribution in [2.75, 3.05) is 27.3 Å². The van der Waals surface area contributed by atoms with E-state index in [0.29, 0.717) is 5.92 Å². The van der Waals surface area contributed by atoms with E-state index in [2.05, 4.69) is 5.32 Å². The Hall–Kier alpha value is -0.930. The molecule has 1 aliphatic rings. The third-order valence-corrected chi connectivity index (χ3v) is 3.84. The summed E-state index contributed by atoms with van der Waals surface area (Å²) < 4.78 is 10.8. The smallest absolute Gasteiger partial charge is 0.165 e. The van der Waals surface area contributed by atoms with Crippen LogP contribution >= 0.6 is 11.6 Å². The first kappa shape index (κ1) is 13.5. The highest BCUT2D eigenvalue weighted by Gasteiger charge is 2.20. The van der Waals surface area contributed by atoms with Gasteiger partial charge in [0, 0.05) is 10.6 Å². The first-order valence-corrected chi connectivity index (χ1v) is 6.74. The quantitative estimate of drug-likeness (QED) is 0.912. The number of rotatable bonds is 4. The number of piperidine rings is 1. The summed E-state index contributed by atoms with van der Waals surface area (Å²) in [5, 5.41) is 4.19. The van der Waals surface area contributed by atoms with Gasteiger partial charge in [-0.1, -0.05) is 11.6 Å². The molecule has 18 heavy (non-hydrogen) atoms. The third-order valence-electron chi connectivity index (χ3n) is 3.48. The second-order valence-corrected chi connectivity index (χ2v) is 5.09. The molecule has 1 heterocycles. The Labute approximate surface area is 113 Å². The van der Waals surface area contributed by atoms with Crippen molar-refractivity contribution in [1.82, 2.24) is 5.32 Å². The van der Waals surface area contributed by atoms with Crippen molar-refractivity contribution in [2.45, 2.75) is 19.3 Å². The van der Waals surface area contributed by atoms with Crippen molar-refractivity contribution >= 4 is 11.6 Å². The average molecular weight is 270 g/mol. The molecule has 1 saturated heterocycles. The molecule has 1 fully saturated rings.